The second-order valence-corrected chi connectivity index (χ2v) is 6.58. The molecule has 28 heavy (non-hydrogen) atoms. The predicted molar refractivity (Wildman–Crippen MR) is 102 cm³/mol. The fraction of sp³-hybridized carbons (Fsp3) is 0.316. The van der Waals surface area contributed by atoms with Gasteiger partial charge in [-0.05, 0) is 44.0 Å². The van der Waals surface area contributed by atoms with Crippen LogP contribution in [-0.4, -0.2) is 27.7 Å². The Morgan fingerprint density at radius 1 is 1.04 bits per heavy atom. The molecule has 1 fully saturated rings. The number of carbonyl (C=O) groups excluding carboxylic acids is 3. The highest BCUT2D eigenvalue weighted by Crippen LogP contribution is 2.23. The van der Waals surface area contributed by atoms with Crippen molar-refractivity contribution in [2.45, 2.75) is 39.0 Å². The van der Waals surface area contributed by atoms with Crippen LogP contribution in [0.2, 0.25) is 0 Å². The molecule has 2 aromatic rings. The van der Waals surface area contributed by atoms with Crippen molar-refractivity contribution in [3.05, 3.63) is 56.4 Å². The van der Waals surface area contributed by atoms with Crippen molar-refractivity contribution >= 4 is 29.1 Å². The molecule has 3 amide bonds. The van der Waals surface area contributed by atoms with Crippen LogP contribution in [0, 0.1) is 6.92 Å². The molecule has 1 aliphatic rings. The van der Waals surface area contributed by atoms with Crippen molar-refractivity contribution in [2.75, 3.05) is 10.2 Å². The predicted octanol–water partition coefficient (Wildman–Crippen LogP) is 0.986. The third-order valence-corrected chi connectivity index (χ3v) is 4.55. The van der Waals surface area contributed by atoms with Gasteiger partial charge in [0.2, 0.25) is 17.7 Å². The molecular formula is C19H20N4O5. The largest absolute Gasteiger partial charge is 0.326 e. The lowest BCUT2D eigenvalue weighted by Crippen LogP contribution is -2.40. The lowest BCUT2D eigenvalue weighted by molar-refractivity contribution is -0.129. The zero-order chi connectivity index (χ0) is 20.3. The van der Waals surface area contributed by atoms with Crippen molar-refractivity contribution in [3.8, 4) is 0 Å². The second kappa shape index (κ2) is 8.03. The van der Waals surface area contributed by atoms with Gasteiger partial charge in [0.1, 0.15) is 0 Å². The molecule has 146 valence electrons. The summed E-state index contributed by atoms with van der Waals surface area (Å²) in [5.41, 5.74) is 0.686. The van der Waals surface area contributed by atoms with E-state index in [1.807, 2.05) is 0 Å². The molecule has 0 unspecified atom stereocenters. The van der Waals surface area contributed by atoms with E-state index in [0.717, 1.165) is 0 Å². The van der Waals surface area contributed by atoms with Gasteiger partial charge in [0.05, 0.1) is 5.69 Å². The smallest absolute Gasteiger partial charge is 0.325 e. The molecule has 3 rings (SSSR count). The van der Waals surface area contributed by atoms with E-state index in [1.54, 1.807) is 31.2 Å². The SMILES string of the molecule is Cc1[nH]c(=O)[nH]c(=O)c1CCC(=O)Nc1ccc(N2C(=O)CCCC2=O)cc1. The van der Waals surface area contributed by atoms with Crippen LogP contribution < -0.4 is 21.5 Å². The Bertz CT molecular complexity index is 1020. The van der Waals surface area contributed by atoms with Gasteiger partial charge >= 0.3 is 5.69 Å². The van der Waals surface area contributed by atoms with E-state index in [-0.39, 0.29) is 30.6 Å². The monoisotopic (exact) mass is 384 g/mol. The zero-order valence-electron chi connectivity index (χ0n) is 15.3. The van der Waals surface area contributed by atoms with Crippen molar-refractivity contribution in [3.63, 3.8) is 0 Å². The standard InChI is InChI=1S/C19H20N4O5/c1-11-14(18(27)22-19(28)20-11)9-10-15(24)21-12-5-7-13(8-6-12)23-16(25)3-2-4-17(23)26/h5-8H,2-4,9-10H2,1H3,(H,21,24)(H2,20,22,27,28). The van der Waals surface area contributed by atoms with Crippen LogP contribution in [0.15, 0.2) is 33.9 Å². The summed E-state index contributed by atoms with van der Waals surface area (Å²) in [6, 6.07) is 6.43. The molecular weight excluding hydrogens is 364 g/mol. The van der Waals surface area contributed by atoms with E-state index in [9.17, 15) is 24.0 Å². The number of nitrogens with one attached hydrogen (secondary N) is 3. The third-order valence-electron chi connectivity index (χ3n) is 4.55. The number of hydrogen-bond donors (Lipinski definition) is 3. The van der Waals surface area contributed by atoms with Crippen LogP contribution >= 0.6 is 0 Å². The van der Waals surface area contributed by atoms with E-state index in [4.69, 9.17) is 0 Å². The number of rotatable bonds is 5. The number of aromatic nitrogens is 2. The van der Waals surface area contributed by atoms with Crippen molar-refractivity contribution < 1.29 is 14.4 Å². The summed E-state index contributed by atoms with van der Waals surface area (Å²) in [5, 5.41) is 2.70. The minimum absolute atomic E-state index is 0.0564. The number of aryl methyl sites for hydroxylation is 1. The summed E-state index contributed by atoms with van der Waals surface area (Å²) in [7, 11) is 0. The van der Waals surface area contributed by atoms with Gasteiger partial charge in [0.25, 0.3) is 5.56 Å². The van der Waals surface area contributed by atoms with Crippen molar-refractivity contribution in [1.29, 1.82) is 0 Å². The van der Waals surface area contributed by atoms with Gasteiger partial charge in [-0.15, -0.1) is 0 Å². The molecule has 1 saturated heterocycles. The first-order valence-electron chi connectivity index (χ1n) is 8.93. The van der Waals surface area contributed by atoms with Crippen LogP contribution in [0.4, 0.5) is 11.4 Å². The summed E-state index contributed by atoms with van der Waals surface area (Å²) in [6.07, 6.45) is 1.49. The number of imide groups is 1. The van der Waals surface area contributed by atoms with E-state index in [1.165, 1.54) is 4.90 Å². The number of H-pyrrole nitrogens is 2. The molecule has 0 atom stereocenters. The number of anilines is 2. The number of amides is 3. The Hall–Kier alpha value is -3.49. The van der Waals surface area contributed by atoms with Gasteiger partial charge < -0.3 is 10.3 Å². The Morgan fingerprint density at radius 2 is 1.68 bits per heavy atom. The molecule has 1 aliphatic heterocycles. The molecule has 1 aromatic heterocycles. The number of hydrogen-bond acceptors (Lipinski definition) is 5. The Balaban J connectivity index is 1.62. The number of aromatic amines is 2. The Morgan fingerprint density at radius 3 is 2.29 bits per heavy atom. The molecule has 9 nitrogen and oxygen atoms in total. The minimum atomic E-state index is -0.582. The first-order chi connectivity index (χ1) is 13.3. The van der Waals surface area contributed by atoms with Crippen LogP contribution in [0.3, 0.4) is 0 Å². The van der Waals surface area contributed by atoms with E-state index < -0.39 is 11.2 Å². The number of benzene rings is 1. The average molecular weight is 384 g/mol. The second-order valence-electron chi connectivity index (χ2n) is 6.58. The van der Waals surface area contributed by atoms with Crippen molar-refractivity contribution in [1.82, 2.24) is 9.97 Å². The van der Waals surface area contributed by atoms with Crippen LogP contribution in [0.5, 0.6) is 0 Å². The third kappa shape index (κ3) is 4.25. The molecule has 1 aromatic carbocycles. The summed E-state index contributed by atoms with van der Waals surface area (Å²) >= 11 is 0. The van der Waals surface area contributed by atoms with Crippen LogP contribution in [0.1, 0.15) is 36.9 Å². The fourth-order valence-corrected chi connectivity index (χ4v) is 3.12. The lowest BCUT2D eigenvalue weighted by Gasteiger charge is -2.24. The van der Waals surface area contributed by atoms with Crippen molar-refractivity contribution in [2.24, 2.45) is 0 Å². The first-order valence-corrected chi connectivity index (χ1v) is 8.93. The minimum Gasteiger partial charge on any atom is -0.326 e. The van der Waals surface area contributed by atoms with Gasteiger partial charge in [0, 0.05) is 36.2 Å². The van der Waals surface area contributed by atoms with Gasteiger partial charge in [-0.1, -0.05) is 0 Å². The molecule has 9 heteroatoms. The van der Waals surface area contributed by atoms with Crippen LogP contribution in [0.25, 0.3) is 0 Å². The highest BCUT2D eigenvalue weighted by Gasteiger charge is 2.27. The number of nitrogens with zero attached hydrogens (tertiary/aromatic N) is 1. The van der Waals surface area contributed by atoms with Gasteiger partial charge in [-0.3, -0.25) is 29.1 Å². The van der Waals surface area contributed by atoms with Gasteiger partial charge in [-0.25, -0.2) is 4.79 Å². The molecule has 3 N–H and O–H groups in total. The maximum Gasteiger partial charge on any atom is 0.325 e. The first kappa shape index (κ1) is 19.3. The molecule has 0 spiro atoms. The van der Waals surface area contributed by atoms with E-state index in [0.29, 0.717) is 41.9 Å². The summed E-state index contributed by atoms with van der Waals surface area (Å²) in [5.74, 6) is -0.757. The zero-order valence-corrected chi connectivity index (χ0v) is 15.3. The maximum absolute atomic E-state index is 12.2. The molecule has 2 heterocycles. The molecule has 0 bridgehead atoms. The number of piperidine rings is 1. The highest BCUT2D eigenvalue weighted by molar-refractivity contribution is 6.16. The summed E-state index contributed by atoms with van der Waals surface area (Å²) in [6.45, 7) is 1.60. The van der Waals surface area contributed by atoms with E-state index >= 15 is 0 Å². The topological polar surface area (TPSA) is 132 Å². The normalized spacial score (nSPS) is 14.2. The maximum atomic E-state index is 12.2. The number of carbonyl (C=O) groups is 3. The molecule has 0 radical (unpaired) electrons. The average Bonchev–Trinajstić information content (AvgIpc) is 2.62. The lowest BCUT2D eigenvalue weighted by atomic mass is 10.1. The Labute approximate surface area is 159 Å². The summed E-state index contributed by atoms with van der Waals surface area (Å²) < 4.78 is 0. The van der Waals surface area contributed by atoms with E-state index in [2.05, 4.69) is 15.3 Å². The van der Waals surface area contributed by atoms with Gasteiger partial charge in [-0.2, -0.15) is 0 Å². The highest BCUT2D eigenvalue weighted by atomic mass is 16.2. The Kier molecular flexibility index (Phi) is 5.53. The van der Waals surface area contributed by atoms with Gasteiger partial charge in [0.15, 0.2) is 0 Å². The fourth-order valence-electron chi connectivity index (χ4n) is 3.12. The quantitative estimate of drug-likeness (QED) is 0.661. The molecule has 0 saturated carbocycles. The van der Waals surface area contributed by atoms with Crippen LogP contribution in [-0.2, 0) is 20.8 Å². The summed E-state index contributed by atoms with van der Waals surface area (Å²) in [4.78, 5) is 64.8. The molecule has 0 aliphatic carbocycles.